The Morgan fingerprint density at radius 2 is 2.27 bits per heavy atom. The number of alkyl halides is 2. The summed E-state index contributed by atoms with van der Waals surface area (Å²) in [4.78, 5) is 11.5. The molecule has 0 spiro atoms. The number of carbonyl (C=O) groups excluding carboxylic acids is 1. The summed E-state index contributed by atoms with van der Waals surface area (Å²) in [7, 11) is 1.62. The van der Waals surface area contributed by atoms with Crippen LogP contribution in [-0.4, -0.2) is 36.7 Å². The van der Waals surface area contributed by atoms with E-state index in [4.69, 9.17) is 0 Å². The lowest BCUT2D eigenvalue weighted by Crippen LogP contribution is -2.42. The van der Waals surface area contributed by atoms with Crippen molar-refractivity contribution >= 4 is 6.29 Å². The third-order valence-electron chi connectivity index (χ3n) is 2.12. The average molecular weight is 163 g/mol. The normalized spacial score (nSPS) is 27.4. The molecule has 1 unspecified atom stereocenters. The molecule has 0 radical (unpaired) electrons. The zero-order valence-corrected chi connectivity index (χ0v) is 6.39. The molecule has 1 saturated heterocycles. The molecule has 0 saturated carbocycles. The molecule has 0 bridgehead atoms. The predicted molar refractivity (Wildman–Crippen MR) is 36.7 cm³/mol. The van der Waals surface area contributed by atoms with Crippen molar-refractivity contribution in [3.05, 3.63) is 0 Å². The number of hydrogen-bond donors (Lipinski definition) is 0. The molecular weight excluding hydrogens is 152 g/mol. The summed E-state index contributed by atoms with van der Waals surface area (Å²) in [5.74, 6) is -3.16. The Labute approximate surface area is 64.2 Å². The molecule has 1 rings (SSSR count). The number of rotatable bonds is 2. The predicted octanol–water partition coefficient (Wildman–Crippen LogP) is 0.915. The molecule has 0 aliphatic carbocycles. The van der Waals surface area contributed by atoms with Gasteiger partial charge in [0.25, 0.3) is 0 Å². The lowest BCUT2D eigenvalue weighted by atomic mass is 10.1. The molecule has 1 aliphatic heterocycles. The minimum atomic E-state index is -3.16. The van der Waals surface area contributed by atoms with Crippen molar-refractivity contribution in [1.29, 1.82) is 0 Å². The van der Waals surface area contributed by atoms with Gasteiger partial charge >= 0.3 is 5.92 Å². The van der Waals surface area contributed by atoms with Crippen molar-refractivity contribution in [3.63, 3.8) is 0 Å². The van der Waals surface area contributed by atoms with Crippen molar-refractivity contribution in [3.8, 4) is 0 Å². The first kappa shape index (κ1) is 8.59. The van der Waals surface area contributed by atoms with Crippen molar-refractivity contribution < 1.29 is 13.6 Å². The van der Waals surface area contributed by atoms with Gasteiger partial charge in [-0.3, -0.25) is 9.69 Å². The first-order chi connectivity index (χ1) is 5.08. The molecule has 1 fully saturated rings. The van der Waals surface area contributed by atoms with Gasteiger partial charge < -0.3 is 0 Å². The summed E-state index contributed by atoms with van der Waals surface area (Å²) in [6, 6.07) is -0.875. The van der Waals surface area contributed by atoms with E-state index in [0.29, 0.717) is 13.0 Å². The van der Waals surface area contributed by atoms with Gasteiger partial charge in [-0.05, 0) is 26.4 Å². The number of carbonyl (C=O) groups is 1. The van der Waals surface area contributed by atoms with E-state index >= 15 is 0 Å². The smallest absolute Gasteiger partial charge is 0.297 e. The van der Waals surface area contributed by atoms with Crippen molar-refractivity contribution in [2.75, 3.05) is 13.6 Å². The van der Waals surface area contributed by atoms with Crippen molar-refractivity contribution in [1.82, 2.24) is 4.90 Å². The van der Waals surface area contributed by atoms with Crippen LogP contribution >= 0.6 is 0 Å². The largest absolute Gasteiger partial charge is 0.317 e. The third kappa shape index (κ3) is 1.56. The molecule has 0 N–H and O–H groups in total. The quantitative estimate of drug-likeness (QED) is 0.564. The summed E-state index contributed by atoms with van der Waals surface area (Å²) >= 11 is 0. The number of likely N-dealkylation sites (tertiary alicyclic amines) is 1. The third-order valence-corrected chi connectivity index (χ3v) is 2.12. The Hall–Kier alpha value is -0.510. The molecule has 1 aliphatic rings. The first-order valence-corrected chi connectivity index (χ1v) is 3.62. The molecule has 2 nitrogen and oxygen atoms in total. The lowest BCUT2D eigenvalue weighted by molar-refractivity contribution is -0.137. The zero-order chi connectivity index (χ0) is 8.48. The monoisotopic (exact) mass is 163 g/mol. The fourth-order valence-corrected chi connectivity index (χ4v) is 1.48. The van der Waals surface area contributed by atoms with E-state index in [2.05, 4.69) is 0 Å². The fraction of sp³-hybridized carbons (Fsp3) is 0.857. The second kappa shape index (κ2) is 2.85. The first-order valence-electron chi connectivity index (χ1n) is 3.62. The SMILES string of the molecule is CN1CCCC1C(F)(F)C=O. The van der Waals surface area contributed by atoms with Crippen LogP contribution in [0.1, 0.15) is 12.8 Å². The molecule has 0 amide bonds. The van der Waals surface area contributed by atoms with Gasteiger partial charge in [0.05, 0.1) is 6.04 Å². The molecule has 11 heavy (non-hydrogen) atoms. The Kier molecular flexibility index (Phi) is 2.23. The maximum Gasteiger partial charge on any atom is 0.317 e. The number of halogens is 2. The molecule has 0 aromatic heterocycles. The number of nitrogens with zero attached hydrogens (tertiary/aromatic N) is 1. The topological polar surface area (TPSA) is 20.3 Å². The van der Waals surface area contributed by atoms with Crippen molar-refractivity contribution in [2.45, 2.75) is 24.8 Å². The van der Waals surface area contributed by atoms with Gasteiger partial charge in [-0.1, -0.05) is 0 Å². The van der Waals surface area contributed by atoms with Crippen LogP contribution < -0.4 is 0 Å². The van der Waals surface area contributed by atoms with Gasteiger partial charge in [-0.2, -0.15) is 8.78 Å². The van der Waals surface area contributed by atoms with E-state index < -0.39 is 12.0 Å². The summed E-state index contributed by atoms with van der Waals surface area (Å²) in [6.07, 6.45) is 0.923. The van der Waals surface area contributed by atoms with Gasteiger partial charge in [-0.25, -0.2) is 0 Å². The second-order valence-electron chi connectivity index (χ2n) is 2.93. The molecule has 1 heterocycles. The lowest BCUT2D eigenvalue weighted by Gasteiger charge is -2.23. The Morgan fingerprint density at radius 3 is 2.64 bits per heavy atom. The van der Waals surface area contributed by atoms with Crippen LogP contribution in [-0.2, 0) is 4.79 Å². The van der Waals surface area contributed by atoms with Gasteiger partial charge in [-0.15, -0.1) is 0 Å². The average Bonchev–Trinajstić information content (AvgIpc) is 2.36. The standard InChI is InChI=1S/C7H11F2NO/c1-10-4-2-3-6(10)7(8,9)5-11/h5-6H,2-4H2,1H3. The van der Waals surface area contributed by atoms with Crippen LogP contribution in [0, 0.1) is 0 Å². The molecule has 64 valence electrons. The second-order valence-corrected chi connectivity index (χ2v) is 2.93. The van der Waals surface area contributed by atoms with E-state index in [1.165, 1.54) is 4.90 Å². The summed E-state index contributed by atoms with van der Waals surface area (Å²) in [6.45, 7) is 0.661. The van der Waals surface area contributed by atoms with Crippen LogP contribution in [0.15, 0.2) is 0 Å². The van der Waals surface area contributed by atoms with E-state index in [-0.39, 0.29) is 6.29 Å². The fourth-order valence-electron chi connectivity index (χ4n) is 1.48. The molecule has 1 atom stereocenters. The highest BCUT2D eigenvalue weighted by Crippen LogP contribution is 2.28. The van der Waals surface area contributed by atoms with Crippen LogP contribution in [0.5, 0.6) is 0 Å². The van der Waals surface area contributed by atoms with Gasteiger partial charge in [0, 0.05) is 0 Å². The minimum Gasteiger partial charge on any atom is -0.297 e. The van der Waals surface area contributed by atoms with Crippen molar-refractivity contribution in [2.24, 2.45) is 0 Å². The van der Waals surface area contributed by atoms with Gasteiger partial charge in [0.1, 0.15) is 0 Å². The number of hydrogen-bond acceptors (Lipinski definition) is 2. The number of aldehydes is 1. The van der Waals surface area contributed by atoms with E-state index in [1.54, 1.807) is 7.05 Å². The van der Waals surface area contributed by atoms with E-state index in [0.717, 1.165) is 6.42 Å². The van der Waals surface area contributed by atoms with Crippen LogP contribution in [0.25, 0.3) is 0 Å². The maximum absolute atomic E-state index is 12.7. The van der Waals surface area contributed by atoms with E-state index in [9.17, 15) is 13.6 Å². The summed E-state index contributed by atoms with van der Waals surface area (Å²) < 4.78 is 25.4. The minimum absolute atomic E-state index is 0.251. The molecule has 0 aromatic carbocycles. The Morgan fingerprint density at radius 1 is 1.64 bits per heavy atom. The zero-order valence-electron chi connectivity index (χ0n) is 6.39. The molecule has 4 heteroatoms. The van der Waals surface area contributed by atoms with Crippen LogP contribution in [0.2, 0.25) is 0 Å². The van der Waals surface area contributed by atoms with Gasteiger partial charge in [0.2, 0.25) is 0 Å². The highest BCUT2D eigenvalue weighted by Gasteiger charge is 2.43. The maximum atomic E-state index is 12.7. The highest BCUT2D eigenvalue weighted by molar-refractivity contribution is 5.61. The van der Waals surface area contributed by atoms with Crippen LogP contribution in [0.4, 0.5) is 8.78 Å². The highest BCUT2D eigenvalue weighted by atomic mass is 19.3. The molecule has 0 aromatic rings. The summed E-state index contributed by atoms with van der Waals surface area (Å²) in [5, 5.41) is 0. The van der Waals surface area contributed by atoms with Gasteiger partial charge in [0.15, 0.2) is 6.29 Å². The Balaban J connectivity index is 2.65. The molecular formula is C7H11F2NO. The van der Waals surface area contributed by atoms with E-state index in [1.807, 2.05) is 0 Å². The Bertz CT molecular complexity index is 161. The summed E-state index contributed by atoms with van der Waals surface area (Å²) in [5.41, 5.74) is 0. The van der Waals surface area contributed by atoms with Crippen LogP contribution in [0.3, 0.4) is 0 Å².